The van der Waals surface area contributed by atoms with Crippen LogP contribution in [-0.2, 0) is 14.3 Å². The molecule has 1 aliphatic carbocycles. The van der Waals surface area contributed by atoms with Crippen LogP contribution in [0.4, 0.5) is 0 Å². The molecule has 1 fully saturated rings. The van der Waals surface area contributed by atoms with Gasteiger partial charge in [-0.05, 0) is 51.3 Å². The number of benzene rings is 1. The van der Waals surface area contributed by atoms with Gasteiger partial charge >= 0.3 is 5.97 Å². The minimum Gasteiger partial charge on any atom is -0.491 e. The van der Waals surface area contributed by atoms with E-state index in [0.717, 1.165) is 6.42 Å². The molecule has 0 unspecified atom stereocenters. The fourth-order valence-corrected chi connectivity index (χ4v) is 3.80. The molecule has 0 heterocycles. The Morgan fingerprint density at radius 2 is 2.09 bits per heavy atom. The second-order valence-corrected chi connectivity index (χ2v) is 8.72. The van der Waals surface area contributed by atoms with Crippen molar-refractivity contribution in [3.05, 3.63) is 53.6 Å². The van der Waals surface area contributed by atoms with Gasteiger partial charge in [0.2, 0.25) is 0 Å². The zero-order valence-corrected chi connectivity index (χ0v) is 19.4. The van der Waals surface area contributed by atoms with Crippen molar-refractivity contribution in [1.29, 1.82) is 0 Å². The number of esters is 1. The first kappa shape index (κ1) is 26.1. The van der Waals surface area contributed by atoms with Crippen LogP contribution >= 0.6 is 11.6 Å². The largest absolute Gasteiger partial charge is 0.491 e. The molecular formula is C25H33ClO6. The fraction of sp³-hybridized carbons (Fsp3) is 0.520. The third kappa shape index (κ3) is 9.15. The molecule has 176 valence electrons. The number of hydrogen-bond acceptors (Lipinski definition) is 6. The average molecular weight is 465 g/mol. The van der Waals surface area contributed by atoms with Crippen molar-refractivity contribution in [3.8, 4) is 5.75 Å². The van der Waals surface area contributed by atoms with Gasteiger partial charge in [0, 0.05) is 29.7 Å². The van der Waals surface area contributed by atoms with E-state index in [2.05, 4.69) is 0 Å². The average Bonchev–Trinajstić information content (AvgIpc) is 2.99. The number of aliphatic hydroxyl groups is 2. The number of allylic oxidation sites excluding steroid dienone is 2. The van der Waals surface area contributed by atoms with Crippen molar-refractivity contribution in [3.63, 3.8) is 0 Å². The van der Waals surface area contributed by atoms with Gasteiger partial charge in [-0.1, -0.05) is 42.0 Å². The number of Topliss-reactive ketones (excluding diaryl/α,β-unsaturated/α-hetero) is 1. The summed E-state index contributed by atoms with van der Waals surface area (Å²) in [6.45, 7) is 3.68. The van der Waals surface area contributed by atoms with Gasteiger partial charge in [0.1, 0.15) is 24.2 Å². The molecule has 2 N–H and O–H groups in total. The van der Waals surface area contributed by atoms with Crippen molar-refractivity contribution in [2.24, 2.45) is 11.8 Å². The number of aliphatic hydroxyl groups excluding tert-OH is 2. The van der Waals surface area contributed by atoms with Gasteiger partial charge in [-0.25, -0.2) is 0 Å². The monoisotopic (exact) mass is 464 g/mol. The molecule has 6 nitrogen and oxygen atoms in total. The van der Waals surface area contributed by atoms with Crippen LogP contribution in [0.2, 0.25) is 5.02 Å². The van der Waals surface area contributed by atoms with Gasteiger partial charge in [0.05, 0.1) is 12.2 Å². The molecule has 0 aliphatic heterocycles. The van der Waals surface area contributed by atoms with Crippen LogP contribution in [0.5, 0.6) is 5.75 Å². The summed E-state index contributed by atoms with van der Waals surface area (Å²) in [4.78, 5) is 23.8. The summed E-state index contributed by atoms with van der Waals surface area (Å²) in [5, 5.41) is 21.0. The van der Waals surface area contributed by atoms with Crippen LogP contribution in [0.3, 0.4) is 0 Å². The lowest BCUT2D eigenvalue weighted by molar-refractivity contribution is -0.147. The molecule has 1 aliphatic rings. The molecule has 32 heavy (non-hydrogen) atoms. The molecule has 1 saturated carbocycles. The Morgan fingerprint density at radius 3 is 2.81 bits per heavy atom. The van der Waals surface area contributed by atoms with Crippen molar-refractivity contribution in [1.82, 2.24) is 0 Å². The van der Waals surface area contributed by atoms with Gasteiger partial charge in [-0.2, -0.15) is 0 Å². The molecule has 0 saturated heterocycles. The normalized spacial score (nSPS) is 22.2. The number of carbonyl (C=O) groups excluding carboxylic acids is 2. The maximum atomic E-state index is 12.3. The quantitative estimate of drug-likeness (QED) is 0.272. The zero-order valence-electron chi connectivity index (χ0n) is 18.7. The van der Waals surface area contributed by atoms with E-state index in [1.165, 1.54) is 0 Å². The van der Waals surface area contributed by atoms with E-state index in [1.54, 1.807) is 36.4 Å². The summed E-state index contributed by atoms with van der Waals surface area (Å²) in [6.07, 6.45) is 7.80. The van der Waals surface area contributed by atoms with E-state index in [4.69, 9.17) is 21.1 Å². The van der Waals surface area contributed by atoms with Crippen LogP contribution in [-0.4, -0.2) is 46.9 Å². The Bertz CT molecular complexity index is 803. The Morgan fingerprint density at radius 1 is 1.31 bits per heavy atom. The van der Waals surface area contributed by atoms with Crippen LogP contribution in [0.25, 0.3) is 0 Å². The van der Waals surface area contributed by atoms with E-state index < -0.39 is 12.2 Å². The highest BCUT2D eigenvalue weighted by molar-refractivity contribution is 6.30. The summed E-state index contributed by atoms with van der Waals surface area (Å²) in [5.74, 6) is -0.312. The molecule has 2 rings (SSSR count). The molecule has 1 aromatic carbocycles. The second kappa shape index (κ2) is 13.4. The van der Waals surface area contributed by atoms with Crippen molar-refractivity contribution >= 4 is 23.4 Å². The molecule has 4 atom stereocenters. The van der Waals surface area contributed by atoms with E-state index in [9.17, 15) is 19.8 Å². The minimum atomic E-state index is -0.876. The Balaban J connectivity index is 1.79. The third-order valence-electron chi connectivity index (χ3n) is 5.18. The Labute approximate surface area is 194 Å². The number of ketones is 1. The van der Waals surface area contributed by atoms with Crippen LogP contribution in [0.15, 0.2) is 48.6 Å². The molecule has 1 aromatic rings. The molecule has 0 aromatic heterocycles. The molecule has 0 amide bonds. The molecule has 0 bridgehead atoms. The van der Waals surface area contributed by atoms with E-state index in [1.807, 2.05) is 26.0 Å². The summed E-state index contributed by atoms with van der Waals surface area (Å²) < 4.78 is 10.6. The van der Waals surface area contributed by atoms with E-state index in [0.29, 0.717) is 30.0 Å². The lowest BCUT2D eigenvalue weighted by Gasteiger charge is -2.17. The van der Waals surface area contributed by atoms with Crippen molar-refractivity contribution in [2.45, 2.75) is 64.3 Å². The van der Waals surface area contributed by atoms with Gasteiger partial charge in [0.25, 0.3) is 0 Å². The smallest absolute Gasteiger partial charge is 0.306 e. The van der Waals surface area contributed by atoms with Crippen LogP contribution < -0.4 is 4.74 Å². The van der Waals surface area contributed by atoms with E-state index in [-0.39, 0.29) is 42.7 Å². The SMILES string of the molecule is CC(C)OC(=O)CCCC=CC[C@H]1C(=O)C[C@@H](O)[C@@H]1C=C[C@@H](O)COc1cccc(Cl)c1. The molecule has 0 spiro atoms. The topological polar surface area (TPSA) is 93.1 Å². The minimum absolute atomic E-state index is 0.0157. The molecule has 7 heteroatoms. The lowest BCUT2D eigenvalue weighted by Crippen LogP contribution is -2.20. The summed E-state index contributed by atoms with van der Waals surface area (Å²) in [7, 11) is 0. The maximum absolute atomic E-state index is 12.3. The number of halogens is 1. The summed E-state index contributed by atoms with van der Waals surface area (Å²) in [6, 6.07) is 6.90. The molecule has 0 radical (unpaired) electrons. The van der Waals surface area contributed by atoms with Crippen LogP contribution in [0.1, 0.15) is 46.0 Å². The predicted molar refractivity (Wildman–Crippen MR) is 124 cm³/mol. The number of hydrogen-bond donors (Lipinski definition) is 2. The molecular weight excluding hydrogens is 432 g/mol. The van der Waals surface area contributed by atoms with Gasteiger partial charge in [-0.3, -0.25) is 9.59 Å². The van der Waals surface area contributed by atoms with Crippen molar-refractivity contribution < 1.29 is 29.3 Å². The first-order chi connectivity index (χ1) is 15.3. The highest BCUT2D eigenvalue weighted by Gasteiger charge is 2.39. The second-order valence-electron chi connectivity index (χ2n) is 8.28. The van der Waals surface area contributed by atoms with Gasteiger partial charge in [-0.15, -0.1) is 0 Å². The van der Waals surface area contributed by atoms with Gasteiger partial charge in [0.15, 0.2) is 0 Å². The fourth-order valence-electron chi connectivity index (χ4n) is 3.62. The first-order valence-corrected chi connectivity index (χ1v) is 11.4. The summed E-state index contributed by atoms with van der Waals surface area (Å²) in [5.41, 5.74) is 0. The number of carbonyl (C=O) groups is 2. The predicted octanol–water partition coefficient (Wildman–Crippen LogP) is 4.27. The summed E-state index contributed by atoms with van der Waals surface area (Å²) >= 11 is 5.91. The standard InChI is InChI=1S/C25H33ClO6/c1-17(2)32-25(30)11-6-4-3-5-10-21-22(24(29)15-23(21)28)13-12-19(27)16-31-20-9-7-8-18(26)14-20/h3,5,7-9,12-14,17,19,21-22,24,27,29H,4,6,10-11,15-16H2,1-2H3/t19-,21-,22-,24-/m1/s1. The number of unbranched alkanes of at least 4 members (excludes halogenated alkanes) is 1. The Kier molecular flexibility index (Phi) is 10.9. The van der Waals surface area contributed by atoms with Gasteiger partial charge < -0.3 is 19.7 Å². The van der Waals surface area contributed by atoms with Crippen LogP contribution in [0, 0.1) is 11.8 Å². The third-order valence-corrected chi connectivity index (χ3v) is 5.42. The number of ether oxygens (including phenoxy) is 2. The van der Waals surface area contributed by atoms with Crippen molar-refractivity contribution in [2.75, 3.05) is 6.61 Å². The maximum Gasteiger partial charge on any atom is 0.306 e. The highest BCUT2D eigenvalue weighted by atomic mass is 35.5. The Hall–Kier alpha value is -2.15. The zero-order chi connectivity index (χ0) is 23.5. The number of rotatable bonds is 12. The van der Waals surface area contributed by atoms with E-state index >= 15 is 0 Å². The lowest BCUT2D eigenvalue weighted by atomic mass is 9.90. The first-order valence-electron chi connectivity index (χ1n) is 11.1. The highest BCUT2D eigenvalue weighted by Crippen LogP contribution is 2.33.